The number of halogens is 3. The number of benzene rings is 2. The van der Waals surface area contributed by atoms with Gasteiger partial charge in [0.25, 0.3) is 0 Å². The predicted molar refractivity (Wildman–Crippen MR) is 87.8 cm³/mol. The van der Waals surface area contributed by atoms with E-state index in [1.807, 2.05) is 13.2 Å². The lowest BCUT2D eigenvalue weighted by atomic mass is 10.1. The van der Waals surface area contributed by atoms with Crippen LogP contribution in [0.1, 0.15) is 5.56 Å². The highest BCUT2D eigenvalue weighted by atomic mass is 19.4. The van der Waals surface area contributed by atoms with Crippen molar-refractivity contribution in [3.05, 3.63) is 60.6 Å². The first-order chi connectivity index (χ1) is 11.3. The molecule has 24 heavy (non-hydrogen) atoms. The zero-order valence-corrected chi connectivity index (χ0v) is 12.8. The average Bonchev–Trinajstić information content (AvgIpc) is 2.95. The van der Waals surface area contributed by atoms with Gasteiger partial charge in [0.05, 0.1) is 17.6 Å². The second-order valence-electron chi connectivity index (χ2n) is 5.43. The molecule has 0 aliphatic heterocycles. The van der Waals surface area contributed by atoms with Crippen molar-refractivity contribution in [3.63, 3.8) is 0 Å². The summed E-state index contributed by atoms with van der Waals surface area (Å²) in [5, 5.41) is 3.11. The van der Waals surface area contributed by atoms with Crippen LogP contribution in [-0.4, -0.2) is 9.55 Å². The fourth-order valence-corrected chi connectivity index (χ4v) is 2.33. The molecule has 4 nitrogen and oxygen atoms in total. The van der Waals surface area contributed by atoms with Gasteiger partial charge in [-0.2, -0.15) is 13.2 Å². The highest BCUT2D eigenvalue weighted by Crippen LogP contribution is 2.33. The van der Waals surface area contributed by atoms with Crippen LogP contribution in [0, 0.1) is 0 Å². The van der Waals surface area contributed by atoms with Gasteiger partial charge in [0.1, 0.15) is 0 Å². The van der Waals surface area contributed by atoms with Gasteiger partial charge in [-0.05, 0) is 42.5 Å². The van der Waals surface area contributed by atoms with E-state index in [4.69, 9.17) is 5.73 Å². The summed E-state index contributed by atoms with van der Waals surface area (Å²) in [6.45, 7) is 0. The molecule has 1 aromatic heterocycles. The average molecular weight is 332 g/mol. The van der Waals surface area contributed by atoms with E-state index in [0.717, 1.165) is 23.4 Å². The molecule has 3 rings (SSSR count). The van der Waals surface area contributed by atoms with Crippen LogP contribution in [0.2, 0.25) is 0 Å². The number of hydrogen-bond donors (Lipinski definition) is 2. The highest BCUT2D eigenvalue weighted by molar-refractivity contribution is 5.81. The van der Waals surface area contributed by atoms with Crippen molar-refractivity contribution in [2.75, 3.05) is 11.1 Å². The minimum absolute atomic E-state index is 0.546. The Balaban J connectivity index is 1.93. The fraction of sp³-hybridized carbons (Fsp3) is 0.118. The van der Waals surface area contributed by atoms with Gasteiger partial charge in [0.15, 0.2) is 0 Å². The third-order valence-electron chi connectivity index (χ3n) is 3.52. The van der Waals surface area contributed by atoms with Crippen molar-refractivity contribution in [1.82, 2.24) is 9.55 Å². The fourth-order valence-electron chi connectivity index (χ4n) is 2.33. The molecular weight excluding hydrogens is 317 g/mol. The van der Waals surface area contributed by atoms with Crippen LogP contribution in [0.3, 0.4) is 0 Å². The quantitative estimate of drug-likeness (QED) is 0.698. The van der Waals surface area contributed by atoms with E-state index in [9.17, 15) is 13.2 Å². The van der Waals surface area contributed by atoms with Crippen LogP contribution in [-0.2, 0) is 13.2 Å². The molecule has 124 valence electrons. The predicted octanol–water partition coefficient (Wildman–Crippen LogP) is 4.43. The molecule has 0 aliphatic rings. The van der Waals surface area contributed by atoms with Crippen LogP contribution >= 0.6 is 0 Å². The lowest BCUT2D eigenvalue weighted by Gasteiger charge is -2.13. The van der Waals surface area contributed by atoms with Gasteiger partial charge in [0, 0.05) is 35.9 Å². The SMILES string of the molecule is Cn1cnc(-c2cc(N)ccc2Nc2ccc(C(F)(F)F)cc2)c1. The van der Waals surface area contributed by atoms with Crippen molar-refractivity contribution >= 4 is 17.1 Å². The van der Waals surface area contributed by atoms with Gasteiger partial charge in [-0.3, -0.25) is 0 Å². The van der Waals surface area contributed by atoms with Crippen LogP contribution in [0.25, 0.3) is 11.3 Å². The number of aromatic nitrogens is 2. The molecule has 0 radical (unpaired) electrons. The van der Waals surface area contributed by atoms with Gasteiger partial charge in [-0.25, -0.2) is 4.98 Å². The standard InChI is InChI=1S/C17H15F3N4/c1-24-9-16(22-10-24)14-8-12(21)4-7-15(14)23-13-5-2-11(3-6-13)17(18,19)20/h2-10,23H,21H2,1H3. The van der Waals surface area contributed by atoms with Crippen LogP contribution < -0.4 is 11.1 Å². The molecular formula is C17H15F3N4. The number of rotatable bonds is 3. The molecule has 0 amide bonds. The van der Waals surface area contributed by atoms with Crippen LogP contribution in [0.4, 0.5) is 30.2 Å². The number of alkyl halides is 3. The summed E-state index contributed by atoms with van der Waals surface area (Å²) < 4.78 is 39.7. The van der Waals surface area contributed by atoms with E-state index in [-0.39, 0.29) is 0 Å². The summed E-state index contributed by atoms with van der Waals surface area (Å²) in [6, 6.07) is 10.1. The molecule has 3 N–H and O–H groups in total. The summed E-state index contributed by atoms with van der Waals surface area (Å²) >= 11 is 0. The summed E-state index contributed by atoms with van der Waals surface area (Å²) in [5.41, 5.74) is 8.49. The van der Waals surface area contributed by atoms with Gasteiger partial charge < -0.3 is 15.6 Å². The minimum atomic E-state index is -4.35. The van der Waals surface area contributed by atoms with Gasteiger partial charge in [-0.1, -0.05) is 0 Å². The largest absolute Gasteiger partial charge is 0.416 e. The second kappa shape index (κ2) is 5.92. The maximum absolute atomic E-state index is 12.6. The van der Waals surface area contributed by atoms with Gasteiger partial charge >= 0.3 is 6.18 Å². The number of nitrogens with two attached hydrogens (primary N) is 1. The number of nitrogens with zero attached hydrogens (tertiary/aromatic N) is 2. The molecule has 0 unspecified atom stereocenters. The first-order valence-electron chi connectivity index (χ1n) is 7.15. The van der Waals surface area contributed by atoms with Crippen molar-refractivity contribution in [3.8, 4) is 11.3 Å². The minimum Gasteiger partial charge on any atom is -0.399 e. The topological polar surface area (TPSA) is 55.9 Å². The van der Waals surface area contributed by atoms with Gasteiger partial charge in [0.2, 0.25) is 0 Å². The second-order valence-corrected chi connectivity index (χ2v) is 5.43. The molecule has 0 atom stereocenters. The summed E-state index contributed by atoms with van der Waals surface area (Å²) in [4.78, 5) is 4.29. The lowest BCUT2D eigenvalue weighted by molar-refractivity contribution is -0.137. The van der Waals surface area contributed by atoms with Crippen LogP contribution in [0.15, 0.2) is 55.0 Å². The number of hydrogen-bond acceptors (Lipinski definition) is 3. The monoisotopic (exact) mass is 332 g/mol. The Kier molecular flexibility index (Phi) is 3.92. The Morgan fingerprint density at radius 1 is 1.08 bits per heavy atom. The Labute approximate surface area is 136 Å². The van der Waals surface area contributed by atoms with Gasteiger partial charge in [-0.15, -0.1) is 0 Å². The molecule has 0 saturated heterocycles. The number of imidazole rings is 1. The summed E-state index contributed by atoms with van der Waals surface area (Å²) in [7, 11) is 1.85. The zero-order valence-electron chi connectivity index (χ0n) is 12.8. The molecule has 7 heteroatoms. The molecule has 0 spiro atoms. The maximum atomic E-state index is 12.6. The van der Waals surface area contributed by atoms with E-state index in [1.54, 1.807) is 29.1 Å². The Morgan fingerprint density at radius 2 is 1.79 bits per heavy atom. The number of nitrogens with one attached hydrogen (secondary N) is 1. The highest BCUT2D eigenvalue weighted by Gasteiger charge is 2.29. The first-order valence-corrected chi connectivity index (χ1v) is 7.15. The smallest absolute Gasteiger partial charge is 0.399 e. The van der Waals surface area contributed by atoms with E-state index in [2.05, 4.69) is 10.3 Å². The molecule has 0 bridgehead atoms. The third-order valence-corrected chi connectivity index (χ3v) is 3.52. The van der Waals surface area contributed by atoms with E-state index in [0.29, 0.717) is 17.1 Å². The van der Waals surface area contributed by atoms with Crippen molar-refractivity contribution in [1.29, 1.82) is 0 Å². The molecule has 0 aliphatic carbocycles. The van der Waals surface area contributed by atoms with Crippen molar-refractivity contribution in [2.45, 2.75) is 6.18 Å². The number of nitrogen functional groups attached to an aromatic ring is 1. The van der Waals surface area contributed by atoms with Crippen molar-refractivity contribution in [2.24, 2.45) is 7.05 Å². The molecule has 2 aromatic carbocycles. The Bertz CT molecular complexity index is 851. The third kappa shape index (κ3) is 3.34. The summed E-state index contributed by atoms with van der Waals surface area (Å²) in [6.07, 6.45) is -0.841. The number of aryl methyl sites for hydroxylation is 1. The summed E-state index contributed by atoms with van der Waals surface area (Å²) in [5.74, 6) is 0. The Morgan fingerprint density at radius 3 is 2.38 bits per heavy atom. The lowest BCUT2D eigenvalue weighted by Crippen LogP contribution is -2.04. The van der Waals surface area contributed by atoms with E-state index < -0.39 is 11.7 Å². The van der Waals surface area contributed by atoms with E-state index >= 15 is 0 Å². The zero-order chi connectivity index (χ0) is 17.3. The first kappa shape index (κ1) is 15.9. The normalized spacial score (nSPS) is 11.5. The van der Waals surface area contributed by atoms with E-state index in [1.165, 1.54) is 12.1 Å². The van der Waals surface area contributed by atoms with Crippen LogP contribution in [0.5, 0.6) is 0 Å². The number of anilines is 3. The van der Waals surface area contributed by atoms with Crippen molar-refractivity contribution < 1.29 is 13.2 Å². The Hall–Kier alpha value is -2.96. The molecule has 0 saturated carbocycles. The molecule has 0 fully saturated rings. The maximum Gasteiger partial charge on any atom is 0.416 e. The molecule has 3 aromatic rings. The molecule has 1 heterocycles.